The van der Waals surface area contributed by atoms with Gasteiger partial charge >= 0.3 is 0 Å². The number of hydrogen-bond acceptors (Lipinski definition) is 4. The second-order valence-electron chi connectivity index (χ2n) is 8.73. The third-order valence-corrected chi connectivity index (χ3v) is 6.54. The van der Waals surface area contributed by atoms with Gasteiger partial charge in [0.15, 0.2) is 0 Å². The molecule has 2 amide bonds. The van der Waals surface area contributed by atoms with Gasteiger partial charge in [-0.05, 0) is 69.9 Å². The third-order valence-electron chi connectivity index (χ3n) is 6.29. The lowest BCUT2D eigenvalue weighted by Crippen LogP contribution is -2.65. The van der Waals surface area contributed by atoms with E-state index < -0.39 is 5.41 Å². The highest BCUT2D eigenvalue weighted by atomic mass is 35.5. The molecule has 0 radical (unpaired) electrons. The minimum Gasteiger partial charge on any atom is -0.495 e. The number of carbonyl (C=O) groups is 2. The summed E-state index contributed by atoms with van der Waals surface area (Å²) < 4.78 is 5.80. The number of nitrogens with zero attached hydrogens (tertiary/aromatic N) is 3. The van der Waals surface area contributed by atoms with Crippen LogP contribution in [0.15, 0.2) is 52.9 Å². The lowest BCUT2D eigenvalue weighted by molar-refractivity contribution is -0.157. The van der Waals surface area contributed by atoms with Crippen LogP contribution in [0, 0.1) is 5.41 Å². The van der Waals surface area contributed by atoms with Crippen molar-refractivity contribution >= 4 is 29.4 Å². The van der Waals surface area contributed by atoms with Crippen LogP contribution in [0.25, 0.3) is 0 Å². The van der Waals surface area contributed by atoms with Gasteiger partial charge in [0.25, 0.3) is 0 Å². The van der Waals surface area contributed by atoms with Crippen molar-refractivity contribution in [2.45, 2.75) is 73.0 Å². The second-order valence-corrected chi connectivity index (χ2v) is 9.16. The Bertz CT molecular complexity index is 975. The fourth-order valence-corrected chi connectivity index (χ4v) is 4.47. The number of rotatable bonds is 8. The lowest BCUT2D eigenvalue weighted by atomic mass is 9.77. The molecule has 7 heteroatoms. The highest BCUT2D eigenvalue weighted by Crippen LogP contribution is 2.37. The van der Waals surface area contributed by atoms with Crippen LogP contribution in [0.3, 0.4) is 0 Å². The monoisotopic (exact) mass is 471 g/mol. The summed E-state index contributed by atoms with van der Waals surface area (Å²) in [4.78, 5) is 35.5. The molecule has 2 aliphatic rings. The lowest BCUT2D eigenvalue weighted by Gasteiger charge is -2.45. The molecule has 33 heavy (non-hydrogen) atoms. The van der Waals surface area contributed by atoms with Crippen LogP contribution in [0.2, 0.25) is 5.02 Å². The SMILES string of the molecule is CCN1C(=O)C(CC)(CC)C(=O)N(Cc2ccc(Cl)cc2)C1=NC1=CC=C(OC(C)C)CC1. The zero-order valence-corrected chi connectivity index (χ0v) is 21.0. The Morgan fingerprint density at radius 1 is 1.00 bits per heavy atom. The maximum atomic E-state index is 13.8. The standard InChI is InChI=1S/C26H34ClN3O3/c1-6-26(7-2)23(31)29(8-3)25(28-21-13-15-22(16-14-21)33-18(4)5)30(24(26)32)17-19-9-11-20(27)12-10-19/h9-13,15,18H,6-8,14,16-17H2,1-5H3. The smallest absolute Gasteiger partial charge is 0.245 e. The first-order valence-electron chi connectivity index (χ1n) is 11.8. The maximum absolute atomic E-state index is 13.8. The average Bonchev–Trinajstić information content (AvgIpc) is 2.80. The number of carbonyl (C=O) groups excluding carboxylic acids is 2. The van der Waals surface area contributed by atoms with Crippen LogP contribution in [-0.2, 0) is 20.9 Å². The number of ether oxygens (including phenoxy) is 1. The minimum absolute atomic E-state index is 0.118. The first-order valence-corrected chi connectivity index (χ1v) is 12.2. The van der Waals surface area contributed by atoms with E-state index in [1.54, 1.807) is 9.80 Å². The van der Waals surface area contributed by atoms with Crippen molar-refractivity contribution in [3.63, 3.8) is 0 Å². The van der Waals surface area contributed by atoms with Crippen molar-refractivity contribution in [3.8, 4) is 0 Å². The molecule has 1 saturated heterocycles. The van der Waals surface area contributed by atoms with Crippen LogP contribution in [0.5, 0.6) is 0 Å². The predicted octanol–water partition coefficient (Wildman–Crippen LogP) is 5.68. The van der Waals surface area contributed by atoms with Crippen molar-refractivity contribution < 1.29 is 14.3 Å². The second kappa shape index (κ2) is 10.6. The molecule has 1 aromatic carbocycles. The van der Waals surface area contributed by atoms with Gasteiger partial charge in [0, 0.05) is 23.7 Å². The fraction of sp³-hybridized carbons (Fsp3) is 0.500. The Hall–Kier alpha value is -2.60. The molecule has 1 aliphatic heterocycles. The Kier molecular flexibility index (Phi) is 8.01. The normalized spacial score (nSPS) is 19.8. The molecule has 178 valence electrons. The predicted molar refractivity (Wildman–Crippen MR) is 131 cm³/mol. The zero-order chi connectivity index (χ0) is 24.2. The van der Waals surface area contributed by atoms with Crippen molar-refractivity contribution in [3.05, 3.63) is 58.5 Å². The van der Waals surface area contributed by atoms with Crippen molar-refractivity contribution in [1.82, 2.24) is 9.80 Å². The van der Waals surface area contributed by atoms with Crippen molar-refractivity contribution in [2.24, 2.45) is 10.4 Å². The first kappa shape index (κ1) is 25.0. The van der Waals surface area contributed by atoms with Crippen LogP contribution in [0.1, 0.15) is 65.9 Å². The van der Waals surface area contributed by atoms with E-state index in [4.69, 9.17) is 21.3 Å². The van der Waals surface area contributed by atoms with E-state index >= 15 is 0 Å². The summed E-state index contributed by atoms with van der Waals surface area (Å²) in [6, 6.07) is 7.42. The van der Waals surface area contributed by atoms with E-state index in [-0.39, 0.29) is 17.9 Å². The largest absolute Gasteiger partial charge is 0.495 e. The Morgan fingerprint density at radius 3 is 2.15 bits per heavy atom. The first-order chi connectivity index (χ1) is 15.7. The molecule has 1 aliphatic carbocycles. The van der Waals surface area contributed by atoms with Gasteiger partial charge in [-0.25, -0.2) is 4.99 Å². The Balaban J connectivity index is 2.05. The molecule has 0 spiro atoms. The van der Waals surface area contributed by atoms with Gasteiger partial charge in [0.05, 0.1) is 18.4 Å². The molecule has 0 saturated carbocycles. The van der Waals surface area contributed by atoms with Gasteiger partial charge in [0.2, 0.25) is 17.8 Å². The molecule has 0 aromatic heterocycles. The number of benzene rings is 1. The molecule has 1 heterocycles. The topological polar surface area (TPSA) is 62.2 Å². The molecule has 0 bridgehead atoms. The van der Waals surface area contributed by atoms with E-state index in [0.717, 1.165) is 23.4 Å². The average molecular weight is 472 g/mol. The van der Waals surface area contributed by atoms with Gasteiger partial charge in [0.1, 0.15) is 5.41 Å². The Morgan fingerprint density at radius 2 is 1.64 bits per heavy atom. The summed E-state index contributed by atoms with van der Waals surface area (Å²) in [5, 5.41) is 0.637. The van der Waals surface area contributed by atoms with Gasteiger partial charge in [-0.1, -0.05) is 37.6 Å². The zero-order valence-electron chi connectivity index (χ0n) is 20.2. The van der Waals surface area contributed by atoms with E-state index in [0.29, 0.717) is 43.3 Å². The number of guanidine groups is 1. The highest BCUT2D eigenvalue weighted by Gasteiger charge is 2.53. The number of hydrogen-bond donors (Lipinski definition) is 0. The van der Waals surface area contributed by atoms with Gasteiger partial charge < -0.3 is 4.74 Å². The van der Waals surface area contributed by atoms with E-state index in [1.165, 1.54) is 0 Å². The van der Waals surface area contributed by atoms with Crippen molar-refractivity contribution in [1.29, 1.82) is 0 Å². The molecule has 1 fully saturated rings. The number of amides is 2. The molecular formula is C26H34ClN3O3. The van der Waals surface area contributed by atoms with Gasteiger partial charge in [-0.15, -0.1) is 0 Å². The summed E-state index contributed by atoms with van der Waals surface area (Å²) >= 11 is 6.06. The minimum atomic E-state index is -1.07. The summed E-state index contributed by atoms with van der Waals surface area (Å²) in [6.07, 6.45) is 6.28. The molecule has 0 atom stereocenters. The maximum Gasteiger partial charge on any atom is 0.245 e. The molecular weight excluding hydrogens is 438 g/mol. The quantitative estimate of drug-likeness (QED) is 0.458. The summed E-state index contributed by atoms with van der Waals surface area (Å²) in [7, 11) is 0. The molecule has 3 rings (SSSR count). The molecule has 1 aromatic rings. The van der Waals surface area contributed by atoms with Crippen LogP contribution < -0.4 is 0 Å². The molecule has 0 unspecified atom stereocenters. The van der Waals surface area contributed by atoms with Crippen LogP contribution >= 0.6 is 11.6 Å². The number of allylic oxidation sites excluding steroid dienone is 4. The van der Waals surface area contributed by atoms with E-state index in [2.05, 4.69) is 0 Å². The number of aliphatic imine (C=N–C) groups is 1. The highest BCUT2D eigenvalue weighted by molar-refractivity contribution is 6.30. The van der Waals surface area contributed by atoms with E-state index in [1.807, 2.05) is 71.0 Å². The van der Waals surface area contributed by atoms with Crippen LogP contribution in [0.4, 0.5) is 0 Å². The summed E-state index contributed by atoms with van der Waals surface area (Å²) in [5.74, 6) is 0.965. The molecule has 6 nitrogen and oxygen atoms in total. The summed E-state index contributed by atoms with van der Waals surface area (Å²) in [5.41, 5.74) is 0.680. The molecule has 0 N–H and O–H groups in total. The van der Waals surface area contributed by atoms with E-state index in [9.17, 15) is 9.59 Å². The van der Waals surface area contributed by atoms with Crippen LogP contribution in [-0.4, -0.2) is 40.2 Å². The fourth-order valence-electron chi connectivity index (χ4n) is 4.34. The van der Waals surface area contributed by atoms with Gasteiger partial charge in [-0.3, -0.25) is 19.4 Å². The van der Waals surface area contributed by atoms with Crippen molar-refractivity contribution in [2.75, 3.05) is 6.54 Å². The number of halogens is 1. The summed E-state index contributed by atoms with van der Waals surface area (Å²) in [6.45, 7) is 10.5. The third kappa shape index (κ3) is 5.16. The Labute approximate surface area is 201 Å². The van der Waals surface area contributed by atoms with Gasteiger partial charge in [-0.2, -0.15) is 0 Å².